The van der Waals surface area contributed by atoms with Crippen molar-refractivity contribution in [2.45, 2.75) is 53.2 Å². The number of aliphatic hydroxyl groups excluding tert-OH is 1. The van der Waals surface area contributed by atoms with E-state index in [2.05, 4.69) is 29.8 Å². The Hall–Kier alpha value is -1.75. The molecule has 2 amide bonds. The second kappa shape index (κ2) is 9.52. The molecule has 2 atom stereocenters. The molecule has 0 radical (unpaired) electrons. The Morgan fingerprint density at radius 2 is 1.75 bits per heavy atom. The van der Waals surface area contributed by atoms with Crippen molar-refractivity contribution in [2.24, 2.45) is 11.3 Å². The Labute approximate surface area is 146 Å². The molecular weight excluding hydrogens is 302 g/mol. The van der Waals surface area contributed by atoms with E-state index in [0.29, 0.717) is 25.4 Å². The number of nitrogens with one attached hydrogen (secondary N) is 3. The average molecular weight is 335 g/mol. The molecule has 4 N–H and O–H groups in total. The van der Waals surface area contributed by atoms with Gasteiger partial charge in [0.25, 0.3) is 0 Å². The number of urea groups is 1. The topological polar surface area (TPSA) is 73.4 Å². The van der Waals surface area contributed by atoms with Crippen LogP contribution in [0.1, 0.15) is 41.0 Å². The zero-order valence-corrected chi connectivity index (χ0v) is 15.6. The van der Waals surface area contributed by atoms with Crippen molar-refractivity contribution in [3.05, 3.63) is 30.3 Å². The zero-order valence-electron chi connectivity index (χ0n) is 15.6. The van der Waals surface area contributed by atoms with Crippen LogP contribution in [0.3, 0.4) is 0 Å². The molecule has 2 unspecified atom stereocenters. The lowest BCUT2D eigenvalue weighted by atomic mass is 9.87. The van der Waals surface area contributed by atoms with Gasteiger partial charge in [-0.15, -0.1) is 0 Å². The molecule has 0 saturated carbocycles. The highest BCUT2D eigenvalue weighted by molar-refractivity contribution is 5.73. The fourth-order valence-electron chi connectivity index (χ4n) is 2.66. The minimum Gasteiger partial charge on any atom is -0.393 e. The first-order chi connectivity index (χ1) is 11.2. The molecule has 0 aliphatic carbocycles. The van der Waals surface area contributed by atoms with Gasteiger partial charge in [0.1, 0.15) is 0 Å². The lowest BCUT2D eigenvalue weighted by Crippen LogP contribution is -2.46. The van der Waals surface area contributed by atoms with Gasteiger partial charge in [-0.3, -0.25) is 0 Å². The number of carbonyl (C=O) groups is 1. The van der Waals surface area contributed by atoms with Gasteiger partial charge in [-0.25, -0.2) is 4.79 Å². The van der Waals surface area contributed by atoms with Gasteiger partial charge in [0.05, 0.1) is 6.10 Å². The molecule has 0 aliphatic heterocycles. The van der Waals surface area contributed by atoms with Crippen molar-refractivity contribution in [3.8, 4) is 0 Å². The van der Waals surface area contributed by atoms with Crippen molar-refractivity contribution >= 4 is 11.7 Å². The molecule has 24 heavy (non-hydrogen) atoms. The predicted molar refractivity (Wildman–Crippen MR) is 100 cm³/mol. The van der Waals surface area contributed by atoms with Crippen LogP contribution < -0.4 is 16.0 Å². The van der Waals surface area contributed by atoms with E-state index >= 15 is 0 Å². The molecule has 0 fully saturated rings. The zero-order chi connectivity index (χ0) is 18.2. The molecule has 0 aromatic heterocycles. The minimum atomic E-state index is -0.370. The van der Waals surface area contributed by atoms with Gasteiger partial charge in [-0.05, 0) is 36.8 Å². The Morgan fingerprint density at radius 3 is 2.29 bits per heavy atom. The molecule has 136 valence electrons. The lowest BCUT2D eigenvalue weighted by Gasteiger charge is -2.27. The maximum Gasteiger partial charge on any atom is 0.314 e. The van der Waals surface area contributed by atoms with Gasteiger partial charge in [0, 0.05) is 24.8 Å². The molecule has 0 saturated heterocycles. The monoisotopic (exact) mass is 335 g/mol. The number of hydrogen-bond donors (Lipinski definition) is 4. The van der Waals surface area contributed by atoms with Crippen LogP contribution in [0.5, 0.6) is 0 Å². The van der Waals surface area contributed by atoms with Gasteiger partial charge >= 0.3 is 6.03 Å². The largest absolute Gasteiger partial charge is 0.393 e. The molecule has 0 heterocycles. The van der Waals surface area contributed by atoms with E-state index in [-0.39, 0.29) is 23.6 Å². The summed E-state index contributed by atoms with van der Waals surface area (Å²) in [5.74, 6) is 0.386. The first-order valence-electron chi connectivity index (χ1n) is 8.71. The minimum absolute atomic E-state index is 0.134. The number of amides is 2. The maximum atomic E-state index is 12.0. The molecule has 5 nitrogen and oxygen atoms in total. The summed E-state index contributed by atoms with van der Waals surface area (Å²) in [6.45, 7) is 11.2. The van der Waals surface area contributed by atoms with E-state index < -0.39 is 0 Å². The van der Waals surface area contributed by atoms with Gasteiger partial charge in [0.15, 0.2) is 0 Å². The second-order valence-electron chi connectivity index (χ2n) is 7.64. The predicted octanol–water partition coefficient (Wildman–Crippen LogP) is 3.22. The van der Waals surface area contributed by atoms with Gasteiger partial charge < -0.3 is 21.1 Å². The summed E-state index contributed by atoms with van der Waals surface area (Å²) < 4.78 is 0. The number of rotatable bonds is 9. The van der Waals surface area contributed by atoms with E-state index in [1.165, 1.54) is 0 Å². The third-order valence-electron chi connectivity index (χ3n) is 3.99. The number of anilines is 1. The highest BCUT2D eigenvalue weighted by Gasteiger charge is 2.21. The molecular formula is C19H33N3O2. The van der Waals surface area contributed by atoms with Crippen molar-refractivity contribution < 1.29 is 9.90 Å². The van der Waals surface area contributed by atoms with E-state index in [0.717, 1.165) is 5.69 Å². The Morgan fingerprint density at radius 1 is 1.12 bits per heavy atom. The maximum absolute atomic E-state index is 12.0. The highest BCUT2D eigenvalue weighted by atomic mass is 16.3. The molecule has 0 aliphatic rings. The molecule has 0 spiro atoms. The van der Waals surface area contributed by atoms with Gasteiger partial charge in [-0.1, -0.05) is 45.9 Å². The Bertz CT molecular complexity index is 487. The van der Waals surface area contributed by atoms with Crippen LogP contribution in [0.2, 0.25) is 0 Å². The third-order valence-corrected chi connectivity index (χ3v) is 3.99. The van der Waals surface area contributed by atoms with Gasteiger partial charge in [0.2, 0.25) is 0 Å². The number of aliphatic hydroxyl groups is 1. The number of benzene rings is 1. The van der Waals surface area contributed by atoms with Crippen LogP contribution >= 0.6 is 0 Å². The fraction of sp³-hybridized carbons (Fsp3) is 0.632. The SMILES string of the molecule is CC(O)CC(C)(C)CNC(=O)NCC(Nc1ccccc1)C(C)C. The first-order valence-corrected chi connectivity index (χ1v) is 8.71. The van der Waals surface area contributed by atoms with Crippen molar-refractivity contribution in [3.63, 3.8) is 0 Å². The average Bonchev–Trinajstić information content (AvgIpc) is 2.49. The van der Waals surface area contributed by atoms with E-state index in [4.69, 9.17) is 0 Å². The van der Waals surface area contributed by atoms with E-state index in [1.54, 1.807) is 6.92 Å². The number of carbonyl (C=O) groups excluding carboxylic acids is 1. The molecule has 1 aromatic carbocycles. The van der Waals surface area contributed by atoms with Crippen LogP contribution in [0.4, 0.5) is 10.5 Å². The highest BCUT2D eigenvalue weighted by Crippen LogP contribution is 2.20. The first kappa shape index (κ1) is 20.3. The Kier molecular flexibility index (Phi) is 8.05. The quantitative estimate of drug-likeness (QED) is 0.560. The summed E-state index contributed by atoms with van der Waals surface area (Å²) in [7, 11) is 0. The fourth-order valence-corrected chi connectivity index (χ4v) is 2.66. The summed E-state index contributed by atoms with van der Waals surface area (Å²) in [6.07, 6.45) is 0.280. The summed E-state index contributed by atoms with van der Waals surface area (Å²) in [4.78, 5) is 12.0. The standard InChI is InChI=1S/C19H33N3O2/c1-14(2)17(22-16-9-7-6-8-10-16)12-20-18(24)21-13-19(4,5)11-15(3)23/h6-10,14-15,17,22-23H,11-13H2,1-5H3,(H2,20,21,24). The van der Waals surface area contributed by atoms with Crippen LogP contribution in [0.15, 0.2) is 30.3 Å². The smallest absolute Gasteiger partial charge is 0.314 e. The van der Waals surface area contributed by atoms with Gasteiger partial charge in [-0.2, -0.15) is 0 Å². The molecule has 1 aromatic rings. The summed E-state index contributed by atoms with van der Waals surface area (Å²) in [5, 5.41) is 18.8. The normalized spacial score (nSPS) is 14.1. The molecule has 1 rings (SSSR count). The van der Waals surface area contributed by atoms with Crippen LogP contribution in [0.25, 0.3) is 0 Å². The lowest BCUT2D eigenvalue weighted by molar-refractivity contribution is 0.129. The summed E-state index contributed by atoms with van der Waals surface area (Å²) in [6, 6.07) is 9.99. The van der Waals surface area contributed by atoms with Crippen molar-refractivity contribution in [2.75, 3.05) is 18.4 Å². The molecule has 5 heteroatoms. The molecule has 0 bridgehead atoms. The second-order valence-corrected chi connectivity index (χ2v) is 7.64. The van der Waals surface area contributed by atoms with Crippen LogP contribution in [-0.2, 0) is 0 Å². The summed E-state index contributed by atoms with van der Waals surface area (Å²) >= 11 is 0. The van der Waals surface area contributed by atoms with Crippen molar-refractivity contribution in [1.29, 1.82) is 0 Å². The van der Waals surface area contributed by atoms with E-state index in [9.17, 15) is 9.90 Å². The summed E-state index contributed by atoms with van der Waals surface area (Å²) in [5.41, 5.74) is 0.919. The van der Waals surface area contributed by atoms with Crippen molar-refractivity contribution in [1.82, 2.24) is 10.6 Å². The Balaban J connectivity index is 2.42. The third kappa shape index (κ3) is 8.20. The van der Waals surface area contributed by atoms with E-state index in [1.807, 2.05) is 44.2 Å². The van der Waals surface area contributed by atoms with Crippen LogP contribution in [0, 0.1) is 11.3 Å². The number of hydrogen-bond acceptors (Lipinski definition) is 3. The number of para-hydroxylation sites is 1. The van der Waals surface area contributed by atoms with Crippen LogP contribution in [-0.4, -0.2) is 36.4 Å².